The second kappa shape index (κ2) is 4.49. The Kier molecular flexibility index (Phi) is 3.06. The van der Waals surface area contributed by atoms with Crippen LogP contribution in [0.25, 0.3) is 0 Å². The van der Waals surface area contributed by atoms with Crippen molar-refractivity contribution in [2.45, 2.75) is 32.1 Å². The average molecular weight is 182 g/mol. The van der Waals surface area contributed by atoms with Gasteiger partial charge in [0.25, 0.3) is 6.02 Å². The molecule has 0 aromatic rings. The predicted octanol–water partition coefficient (Wildman–Crippen LogP) is 1.54. The molecule has 0 unspecified atom stereocenters. The molecule has 3 heteroatoms. The molecule has 1 fully saturated rings. The van der Waals surface area contributed by atoms with Crippen molar-refractivity contribution in [3.8, 4) is 0 Å². The molecule has 0 spiro atoms. The molecule has 3 nitrogen and oxygen atoms in total. The number of hydrogen-bond acceptors (Lipinski definition) is 3. The quantitative estimate of drug-likeness (QED) is 0.703. The number of hydrogen-bond donors (Lipinski definition) is 1. The van der Waals surface area contributed by atoms with Gasteiger partial charge < -0.3 is 10.1 Å². The van der Waals surface area contributed by atoms with Crippen LogP contribution in [0, 0.1) is 5.92 Å². The van der Waals surface area contributed by atoms with Crippen molar-refractivity contribution in [2.75, 3.05) is 19.7 Å². The molecule has 0 aromatic heterocycles. The first kappa shape index (κ1) is 8.85. The molecule has 0 amide bonds. The second-order valence-corrected chi connectivity index (χ2v) is 3.92. The molecular weight excluding hydrogens is 164 g/mol. The summed E-state index contributed by atoms with van der Waals surface area (Å²) in [5, 5.41) is 3.28. The minimum absolute atomic E-state index is 0.757. The fourth-order valence-electron chi connectivity index (χ4n) is 2.06. The van der Waals surface area contributed by atoms with Crippen LogP contribution in [-0.4, -0.2) is 25.7 Å². The summed E-state index contributed by atoms with van der Waals surface area (Å²) < 4.78 is 5.28. The summed E-state index contributed by atoms with van der Waals surface area (Å²) in [6, 6.07) is 0.769. The minimum atomic E-state index is 0.757. The van der Waals surface area contributed by atoms with Crippen molar-refractivity contribution >= 4 is 6.02 Å². The first-order valence-corrected chi connectivity index (χ1v) is 5.36. The van der Waals surface area contributed by atoms with Gasteiger partial charge in [-0.3, -0.25) is 0 Å². The van der Waals surface area contributed by atoms with E-state index in [1.807, 2.05) is 0 Å². The summed E-state index contributed by atoms with van der Waals surface area (Å²) in [4.78, 5) is 4.20. The Balaban J connectivity index is 1.66. The molecule has 1 saturated carbocycles. The number of nitrogens with one attached hydrogen (secondary N) is 1. The predicted molar refractivity (Wildman–Crippen MR) is 52.8 cm³/mol. The smallest absolute Gasteiger partial charge is 0.284 e. The van der Waals surface area contributed by atoms with Crippen molar-refractivity contribution in [1.82, 2.24) is 5.32 Å². The molecule has 1 aliphatic carbocycles. The topological polar surface area (TPSA) is 33.6 Å². The van der Waals surface area contributed by atoms with Gasteiger partial charge in [-0.2, -0.15) is 0 Å². The van der Waals surface area contributed by atoms with Crippen LogP contribution in [0.2, 0.25) is 0 Å². The van der Waals surface area contributed by atoms with E-state index in [1.165, 1.54) is 32.1 Å². The van der Waals surface area contributed by atoms with Crippen LogP contribution in [0.1, 0.15) is 32.1 Å². The first-order valence-electron chi connectivity index (χ1n) is 5.36. The zero-order valence-electron chi connectivity index (χ0n) is 8.09. The van der Waals surface area contributed by atoms with E-state index in [0.717, 1.165) is 31.6 Å². The van der Waals surface area contributed by atoms with Crippen LogP contribution in [-0.2, 0) is 4.74 Å². The molecular formula is C10H18N2O. The number of ether oxygens (including phenoxy) is 1. The Morgan fingerprint density at radius 1 is 1.31 bits per heavy atom. The van der Waals surface area contributed by atoms with E-state index < -0.39 is 0 Å². The standard InChI is InChI=1S/C10H18N2O/c1-2-4-9(5-3-1)8-12-10-11-6-7-13-10/h9H,1-8H2,(H,11,12). The van der Waals surface area contributed by atoms with Crippen LogP contribution < -0.4 is 5.32 Å². The number of nitrogens with zero attached hydrogens (tertiary/aromatic N) is 1. The number of amidine groups is 1. The first-order chi connectivity index (χ1) is 6.45. The van der Waals surface area contributed by atoms with E-state index in [1.54, 1.807) is 0 Å². The zero-order chi connectivity index (χ0) is 8.93. The van der Waals surface area contributed by atoms with Crippen molar-refractivity contribution in [3.63, 3.8) is 0 Å². The molecule has 0 saturated heterocycles. The van der Waals surface area contributed by atoms with E-state index >= 15 is 0 Å². The van der Waals surface area contributed by atoms with Gasteiger partial charge in [0.1, 0.15) is 6.61 Å². The van der Waals surface area contributed by atoms with Crippen LogP contribution in [0.4, 0.5) is 0 Å². The molecule has 2 rings (SSSR count). The van der Waals surface area contributed by atoms with E-state index in [2.05, 4.69) is 10.3 Å². The van der Waals surface area contributed by atoms with Gasteiger partial charge in [-0.25, -0.2) is 4.99 Å². The molecule has 74 valence electrons. The van der Waals surface area contributed by atoms with Crippen LogP contribution >= 0.6 is 0 Å². The van der Waals surface area contributed by atoms with Gasteiger partial charge in [0.05, 0.1) is 6.54 Å². The van der Waals surface area contributed by atoms with Gasteiger partial charge in [-0.15, -0.1) is 0 Å². The maximum Gasteiger partial charge on any atom is 0.284 e. The average Bonchev–Trinajstić information content (AvgIpc) is 2.69. The van der Waals surface area contributed by atoms with Crippen molar-refractivity contribution in [1.29, 1.82) is 0 Å². The summed E-state index contributed by atoms with van der Waals surface area (Å²) in [6.45, 7) is 2.64. The van der Waals surface area contributed by atoms with E-state index in [9.17, 15) is 0 Å². The third kappa shape index (κ3) is 2.61. The summed E-state index contributed by atoms with van der Waals surface area (Å²) in [5.41, 5.74) is 0. The minimum Gasteiger partial charge on any atom is -0.463 e. The Labute approximate surface area is 79.6 Å². The molecule has 1 N–H and O–H groups in total. The Bertz CT molecular complexity index is 185. The van der Waals surface area contributed by atoms with Crippen LogP contribution in [0.3, 0.4) is 0 Å². The molecule has 13 heavy (non-hydrogen) atoms. The summed E-state index contributed by atoms with van der Waals surface area (Å²) in [5.74, 6) is 0.848. The van der Waals surface area contributed by atoms with Gasteiger partial charge in [0.15, 0.2) is 0 Å². The highest BCUT2D eigenvalue weighted by atomic mass is 16.5. The zero-order valence-corrected chi connectivity index (χ0v) is 8.09. The Hall–Kier alpha value is -0.730. The molecule has 0 atom stereocenters. The fraction of sp³-hybridized carbons (Fsp3) is 0.900. The third-order valence-corrected chi connectivity index (χ3v) is 2.85. The molecule has 1 aliphatic heterocycles. The van der Waals surface area contributed by atoms with Crippen LogP contribution in [0.5, 0.6) is 0 Å². The maximum atomic E-state index is 5.28. The van der Waals surface area contributed by atoms with E-state index in [4.69, 9.17) is 4.74 Å². The molecule has 2 aliphatic rings. The van der Waals surface area contributed by atoms with E-state index in [0.29, 0.717) is 0 Å². The van der Waals surface area contributed by atoms with E-state index in [-0.39, 0.29) is 0 Å². The van der Waals surface area contributed by atoms with Gasteiger partial charge in [0.2, 0.25) is 0 Å². The molecule has 0 bridgehead atoms. The monoisotopic (exact) mass is 182 g/mol. The van der Waals surface area contributed by atoms with Crippen molar-refractivity contribution in [2.24, 2.45) is 10.9 Å². The lowest BCUT2D eigenvalue weighted by Crippen LogP contribution is -2.30. The summed E-state index contributed by atoms with van der Waals surface area (Å²) in [6.07, 6.45) is 6.98. The SMILES string of the molecule is C1CCC(CNC2=NCCO2)CC1. The van der Waals surface area contributed by atoms with Crippen LogP contribution in [0.15, 0.2) is 4.99 Å². The van der Waals surface area contributed by atoms with Gasteiger partial charge >= 0.3 is 0 Å². The lowest BCUT2D eigenvalue weighted by Gasteiger charge is -2.21. The maximum absolute atomic E-state index is 5.28. The third-order valence-electron chi connectivity index (χ3n) is 2.85. The number of rotatable bonds is 2. The van der Waals surface area contributed by atoms with Crippen molar-refractivity contribution < 1.29 is 4.74 Å². The lowest BCUT2D eigenvalue weighted by atomic mass is 9.89. The second-order valence-electron chi connectivity index (χ2n) is 3.92. The highest BCUT2D eigenvalue weighted by Gasteiger charge is 2.14. The number of aliphatic imine (C=N–C) groups is 1. The fourth-order valence-corrected chi connectivity index (χ4v) is 2.06. The molecule has 0 radical (unpaired) electrons. The highest BCUT2D eigenvalue weighted by molar-refractivity contribution is 5.74. The van der Waals surface area contributed by atoms with Crippen molar-refractivity contribution in [3.05, 3.63) is 0 Å². The Morgan fingerprint density at radius 2 is 2.15 bits per heavy atom. The normalized spacial score (nSPS) is 23.8. The highest BCUT2D eigenvalue weighted by Crippen LogP contribution is 2.22. The molecule has 0 aromatic carbocycles. The Morgan fingerprint density at radius 3 is 2.85 bits per heavy atom. The lowest BCUT2D eigenvalue weighted by molar-refractivity contribution is 0.312. The van der Waals surface area contributed by atoms with Gasteiger partial charge in [-0.05, 0) is 18.8 Å². The largest absolute Gasteiger partial charge is 0.463 e. The van der Waals surface area contributed by atoms with Gasteiger partial charge in [0, 0.05) is 6.54 Å². The van der Waals surface area contributed by atoms with Gasteiger partial charge in [-0.1, -0.05) is 19.3 Å². The summed E-state index contributed by atoms with van der Waals surface area (Å²) >= 11 is 0. The molecule has 1 heterocycles. The summed E-state index contributed by atoms with van der Waals surface area (Å²) in [7, 11) is 0.